The average molecular weight is 392 g/mol. The molecule has 0 aliphatic rings. The van der Waals surface area contributed by atoms with Crippen LogP contribution in [-0.4, -0.2) is 30.3 Å². The minimum Gasteiger partial charge on any atom is -0.467 e. The number of amides is 3. The molecule has 0 saturated carbocycles. The second-order valence-electron chi connectivity index (χ2n) is 6.28. The molecule has 0 spiro atoms. The quantitative estimate of drug-likeness (QED) is 0.641. The zero-order valence-corrected chi connectivity index (χ0v) is 15.9. The van der Waals surface area contributed by atoms with Gasteiger partial charge in [0, 0.05) is 10.6 Å². The molecule has 2 aromatic rings. The molecule has 0 aliphatic carbocycles. The van der Waals surface area contributed by atoms with E-state index in [-0.39, 0.29) is 30.8 Å². The molecule has 0 aliphatic heterocycles. The third-order valence-corrected chi connectivity index (χ3v) is 4.06. The third-order valence-electron chi connectivity index (χ3n) is 3.81. The Balaban J connectivity index is 1.85. The largest absolute Gasteiger partial charge is 0.467 e. The summed E-state index contributed by atoms with van der Waals surface area (Å²) < 4.78 is 5.11. The highest BCUT2D eigenvalue weighted by Crippen LogP contribution is 2.10. The van der Waals surface area contributed by atoms with E-state index in [0.717, 1.165) is 0 Å². The van der Waals surface area contributed by atoms with Gasteiger partial charge in [-0.15, -0.1) is 0 Å². The van der Waals surface area contributed by atoms with Gasteiger partial charge in [0.25, 0.3) is 5.91 Å². The van der Waals surface area contributed by atoms with Crippen LogP contribution < -0.4 is 16.0 Å². The number of nitrogens with one attached hydrogen (secondary N) is 3. The monoisotopic (exact) mass is 391 g/mol. The van der Waals surface area contributed by atoms with Crippen molar-refractivity contribution in [2.45, 2.75) is 26.4 Å². The molecule has 0 bridgehead atoms. The lowest BCUT2D eigenvalue weighted by molar-refractivity contribution is -0.127. The number of rotatable bonds is 8. The van der Waals surface area contributed by atoms with Gasteiger partial charge >= 0.3 is 0 Å². The SMILES string of the molecule is CC(C)C(NC(=O)c1ccc(Cl)cc1)C(=O)NCC(=O)NCc1ccco1. The van der Waals surface area contributed by atoms with E-state index in [0.29, 0.717) is 16.3 Å². The summed E-state index contributed by atoms with van der Waals surface area (Å²) in [6, 6.07) is 9.05. The number of furan rings is 1. The van der Waals surface area contributed by atoms with Crippen molar-refractivity contribution in [1.29, 1.82) is 0 Å². The van der Waals surface area contributed by atoms with Crippen LogP contribution >= 0.6 is 11.6 Å². The topological polar surface area (TPSA) is 100 Å². The van der Waals surface area contributed by atoms with E-state index in [1.807, 2.05) is 13.8 Å². The number of hydrogen-bond donors (Lipinski definition) is 3. The summed E-state index contributed by atoms with van der Waals surface area (Å²) in [5, 5.41) is 8.38. The molecule has 7 nitrogen and oxygen atoms in total. The second kappa shape index (κ2) is 9.78. The van der Waals surface area contributed by atoms with E-state index >= 15 is 0 Å². The Morgan fingerprint density at radius 3 is 2.37 bits per heavy atom. The van der Waals surface area contributed by atoms with Crippen LogP contribution in [0.5, 0.6) is 0 Å². The maximum atomic E-state index is 12.4. The Labute approximate surface area is 162 Å². The van der Waals surface area contributed by atoms with Crippen LogP contribution in [0.3, 0.4) is 0 Å². The Morgan fingerprint density at radius 2 is 1.78 bits per heavy atom. The van der Waals surface area contributed by atoms with Crippen LogP contribution in [0.15, 0.2) is 47.1 Å². The van der Waals surface area contributed by atoms with Gasteiger partial charge in [0.2, 0.25) is 11.8 Å². The number of halogens is 1. The molecule has 1 aromatic heterocycles. The molecule has 1 heterocycles. The lowest BCUT2D eigenvalue weighted by atomic mass is 10.0. The fourth-order valence-corrected chi connectivity index (χ4v) is 2.43. The lowest BCUT2D eigenvalue weighted by Crippen LogP contribution is -2.51. The maximum absolute atomic E-state index is 12.4. The van der Waals surface area contributed by atoms with Gasteiger partial charge in [-0.3, -0.25) is 14.4 Å². The smallest absolute Gasteiger partial charge is 0.251 e. The Bertz CT molecular complexity index is 773. The molecule has 0 fully saturated rings. The normalized spacial score (nSPS) is 11.7. The minimum atomic E-state index is -0.772. The Hall–Kier alpha value is -2.80. The molecule has 0 radical (unpaired) electrons. The molecule has 1 aromatic carbocycles. The summed E-state index contributed by atoms with van der Waals surface area (Å²) in [5.74, 6) is -0.716. The molecular weight excluding hydrogens is 370 g/mol. The fraction of sp³-hybridized carbons (Fsp3) is 0.316. The van der Waals surface area contributed by atoms with Crippen molar-refractivity contribution >= 4 is 29.3 Å². The molecule has 3 N–H and O–H groups in total. The standard InChI is InChI=1S/C19H22ClN3O4/c1-12(2)17(23-18(25)13-5-7-14(20)8-6-13)19(26)22-11-16(24)21-10-15-4-3-9-27-15/h3-9,12,17H,10-11H2,1-2H3,(H,21,24)(H,22,26)(H,23,25). The van der Waals surface area contributed by atoms with E-state index in [1.54, 1.807) is 36.4 Å². The van der Waals surface area contributed by atoms with Crippen LogP contribution in [0.4, 0.5) is 0 Å². The summed E-state index contributed by atoms with van der Waals surface area (Å²) in [6.07, 6.45) is 1.51. The fourth-order valence-electron chi connectivity index (χ4n) is 2.30. The van der Waals surface area contributed by atoms with Gasteiger partial charge in [0.1, 0.15) is 11.8 Å². The van der Waals surface area contributed by atoms with E-state index in [2.05, 4.69) is 16.0 Å². The molecule has 1 atom stereocenters. The first-order chi connectivity index (χ1) is 12.9. The van der Waals surface area contributed by atoms with Crippen LogP contribution in [-0.2, 0) is 16.1 Å². The highest BCUT2D eigenvalue weighted by molar-refractivity contribution is 6.30. The highest BCUT2D eigenvalue weighted by atomic mass is 35.5. The minimum absolute atomic E-state index is 0.160. The van der Waals surface area contributed by atoms with Gasteiger partial charge in [0.05, 0.1) is 19.4 Å². The summed E-state index contributed by atoms with van der Waals surface area (Å²) in [7, 11) is 0. The summed E-state index contributed by atoms with van der Waals surface area (Å²) in [6.45, 7) is 3.66. The molecule has 27 heavy (non-hydrogen) atoms. The van der Waals surface area contributed by atoms with Gasteiger partial charge in [0.15, 0.2) is 0 Å². The van der Waals surface area contributed by atoms with Crippen molar-refractivity contribution in [3.63, 3.8) is 0 Å². The predicted molar refractivity (Wildman–Crippen MR) is 101 cm³/mol. The molecule has 144 valence electrons. The van der Waals surface area contributed by atoms with E-state index in [4.69, 9.17) is 16.0 Å². The predicted octanol–water partition coefficient (Wildman–Crippen LogP) is 2.12. The van der Waals surface area contributed by atoms with Crippen molar-refractivity contribution in [3.05, 3.63) is 59.0 Å². The van der Waals surface area contributed by atoms with Crippen LogP contribution in [0.25, 0.3) is 0 Å². The van der Waals surface area contributed by atoms with E-state index in [1.165, 1.54) is 6.26 Å². The van der Waals surface area contributed by atoms with Gasteiger partial charge < -0.3 is 20.4 Å². The Kier molecular flexibility index (Phi) is 7.43. The molecule has 2 rings (SSSR count). The summed E-state index contributed by atoms with van der Waals surface area (Å²) >= 11 is 5.81. The Morgan fingerprint density at radius 1 is 1.07 bits per heavy atom. The van der Waals surface area contributed by atoms with Crippen molar-refractivity contribution in [2.24, 2.45) is 5.92 Å². The van der Waals surface area contributed by atoms with Crippen LogP contribution in [0.2, 0.25) is 5.02 Å². The van der Waals surface area contributed by atoms with Crippen molar-refractivity contribution in [2.75, 3.05) is 6.54 Å². The number of carbonyl (C=O) groups is 3. The molecule has 8 heteroatoms. The molecular formula is C19H22ClN3O4. The highest BCUT2D eigenvalue weighted by Gasteiger charge is 2.25. The van der Waals surface area contributed by atoms with E-state index in [9.17, 15) is 14.4 Å². The average Bonchev–Trinajstić information content (AvgIpc) is 3.16. The first-order valence-electron chi connectivity index (χ1n) is 8.50. The van der Waals surface area contributed by atoms with Gasteiger partial charge in [-0.05, 0) is 42.3 Å². The molecule has 3 amide bonds. The zero-order chi connectivity index (χ0) is 19.8. The second-order valence-corrected chi connectivity index (χ2v) is 6.71. The lowest BCUT2D eigenvalue weighted by Gasteiger charge is -2.21. The van der Waals surface area contributed by atoms with Gasteiger partial charge in [-0.1, -0.05) is 25.4 Å². The molecule has 0 saturated heterocycles. The third kappa shape index (κ3) is 6.45. The number of hydrogen-bond acceptors (Lipinski definition) is 4. The van der Waals surface area contributed by atoms with Crippen LogP contribution in [0.1, 0.15) is 30.0 Å². The summed E-state index contributed by atoms with van der Waals surface area (Å²) in [4.78, 5) is 36.6. The van der Waals surface area contributed by atoms with Crippen molar-refractivity contribution in [3.8, 4) is 0 Å². The maximum Gasteiger partial charge on any atom is 0.251 e. The number of carbonyl (C=O) groups excluding carboxylic acids is 3. The van der Waals surface area contributed by atoms with Gasteiger partial charge in [-0.25, -0.2) is 0 Å². The number of benzene rings is 1. The first-order valence-corrected chi connectivity index (χ1v) is 8.88. The first kappa shape index (κ1) is 20.5. The van der Waals surface area contributed by atoms with E-state index < -0.39 is 11.9 Å². The summed E-state index contributed by atoms with van der Waals surface area (Å²) in [5.41, 5.74) is 0.397. The van der Waals surface area contributed by atoms with Gasteiger partial charge in [-0.2, -0.15) is 0 Å². The van der Waals surface area contributed by atoms with Crippen molar-refractivity contribution in [1.82, 2.24) is 16.0 Å². The van der Waals surface area contributed by atoms with Crippen LogP contribution in [0, 0.1) is 5.92 Å². The zero-order valence-electron chi connectivity index (χ0n) is 15.1. The molecule has 1 unspecified atom stereocenters. The van der Waals surface area contributed by atoms with Crippen molar-refractivity contribution < 1.29 is 18.8 Å².